The Morgan fingerprint density at radius 1 is 1.03 bits per heavy atom. The Kier molecular flexibility index (Phi) is 7.13. The monoisotopic (exact) mass is 522 g/mol. The van der Waals surface area contributed by atoms with E-state index in [1.807, 2.05) is 18.4 Å². The van der Waals surface area contributed by atoms with Crippen LogP contribution in [0.3, 0.4) is 0 Å². The van der Waals surface area contributed by atoms with E-state index in [2.05, 4.69) is 5.32 Å². The summed E-state index contributed by atoms with van der Waals surface area (Å²) in [5.74, 6) is -2.86. The molecule has 0 aliphatic rings. The largest absolute Gasteiger partial charge is 0.504 e. The maximum absolute atomic E-state index is 14.8. The molecule has 198 valence electrons. The number of nitrogens with one attached hydrogen (secondary N) is 1. The highest BCUT2D eigenvalue weighted by Gasteiger charge is 2.34. The van der Waals surface area contributed by atoms with E-state index in [1.54, 1.807) is 37.3 Å². The molecule has 0 atom stereocenters. The minimum atomic E-state index is -1.10. The quantitative estimate of drug-likeness (QED) is 0.264. The number of carboxylic acid groups (broad SMARTS) is 1. The van der Waals surface area contributed by atoms with Gasteiger partial charge < -0.3 is 24.8 Å². The van der Waals surface area contributed by atoms with Crippen LogP contribution in [0, 0.1) is 18.6 Å². The third-order valence-electron chi connectivity index (χ3n) is 6.68. The van der Waals surface area contributed by atoms with Crippen LogP contribution in [0.2, 0.25) is 0 Å². The average Bonchev–Trinajstić information content (AvgIpc) is 3.24. The molecule has 0 spiro atoms. The average molecular weight is 523 g/mol. The molecule has 1 aromatic heterocycles. The summed E-state index contributed by atoms with van der Waals surface area (Å²) in [5, 5.41) is 23.0. The summed E-state index contributed by atoms with van der Waals surface area (Å²) in [5.41, 5.74) is 2.47. The molecule has 0 unspecified atom stereocenters. The van der Waals surface area contributed by atoms with Crippen LogP contribution in [0.15, 0.2) is 54.6 Å². The third kappa shape index (κ3) is 4.79. The van der Waals surface area contributed by atoms with Gasteiger partial charge in [0.15, 0.2) is 11.6 Å². The second kappa shape index (κ2) is 10.2. The number of carboxylic acids is 1. The first kappa shape index (κ1) is 26.7. The topological polar surface area (TPSA) is 101 Å². The molecule has 4 rings (SSSR count). The zero-order valence-electron chi connectivity index (χ0n) is 21.4. The van der Waals surface area contributed by atoms with E-state index in [1.165, 1.54) is 25.2 Å². The van der Waals surface area contributed by atoms with Crippen molar-refractivity contribution in [1.82, 2.24) is 9.88 Å². The molecule has 3 aromatic carbocycles. The number of aromatic hydroxyl groups is 1. The van der Waals surface area contributed by atoms with Crippen LogP contribution < -0.4 is 5.32 Å². The molecule has 3 N–H and O–H groups in total. The van der Waals surface area contributed by atoms with Crippen LogP contribution in [-0.2, 0) is 10.2 Å². The predicted molar refractivity (Wildman–Crippen MR) is 140 cm³/mol. The highest BCUT2D eigenvalue weighted by molar-refractivity contribution is 6.04. The molecule has 0 aliphatic heterocycles. The summed E-state index contributed by atoms with van der Waals surface area (Å²) < 4.78 is 36.1. The first-order valence-corrected chi connectivity index (χ1v) is 12.0. The number of benzene rings is 3. The number of nitrogens with zero attached hydrogens (tertiary/aromatic N) is 1. The number of alkyl carbamates (subject to hydrolysis) is 1. The maximum atomic E-state index is 14.8. The normalized spacial score (nSPS) is 11.5. The minimum Gasteiger partial charge on any atom is -0.504 e. The van der Waals surface area contributed by atoms with Crippen molar-refractivity contribution in [3.8, 4) is 22.6 Å². The molecular weight excluding hydrogens is 494 g/mol. The Balaban J connectivity index is 2.08. The first-order chi connectivity index (χ1) is 18.0. The number of halogens is 2. The number of carbonyl (C=O) groups is 2. The van der Waals surface area contributed by atoms with E-state index >= 15 is 0 Å². The number of aryl methyl sites for hydroxylation is 1. The second-order valence-electron chi connectivity index (χ2n) is 9.68. The second-order valence-corrected chi connectivity index (χ2v) is 9.68. The molecule has 1 heterocycles. The molecule has 0 saturated heterocycles. The van der Waals surface area contributed by atoms with E-state index in [0.29, 0.717) is 40.0 Å². The van der Waals surface area contributed by atoms with Gasteiger partial charge in [0.1, 0.15) is 5.82 Å². The summed E-state index contributed by atoms with van der Waals surface area (Å²) in [7, 11) is 1.46. The minimum absolute atomic E-state index is 0.0639. The molecule has 4 aromatic rings. The van der Waals surface area contributed by atoms with Gasteiger partial charge in [-0.2, -0.15) is 0 Å². The van der Waals surface area contributed by atoms with Crippen LogP contribution >= 0.6 is 0 Å². The lowest BCUT2D eigenvalue weighted by atomic mass is 9.81. The van der Waals surface area contributed by atoms with Crippen molar-refractivity contribution in [3.05, 3.63) is 83.1 Å². The standard InChI is InChI=1S/C29H28F2N2O5/c1-16-15-19(9-10-20(16)30)33-22-12-11-21(31)25(34)24(22)23(17-5-7-18(8-6-17)27(35)36)26(33)29(2,3)13-14-38-28(37)32-4/h5-12,15,34H,13-14H2,1-4H3,(H,32,37)(H,35,36). The lowest BCUT2D eigenvalue weighted by molar-refractivity contribution is 0.0696. The number of hydrogen-bond donors (Lipinski definition) is 3. The smallest absolute Gasteiger partial charge is 0.406 e. The molecule has 0 saturated carbocycles. The van der Waals surface area contributed by atoms with E-state index in [0.717, 1.165) is 6.07 Å². The van der Waals surface area contributed by atoms with Crippen molar-refractivity contribution in [2.75, 3.05) is 13.7 Å². The van der Waals surface area contributed by atoms with Gasteiger partial charge >= 0.3 is 12.1 Å². The Hall–Kier alpha value is -4.40. The molecular formula is C29H28F2N2O5. The van der Waals surface area contributed by atoms with Gasteiger partial charge in [0.05, 0.1) is 23.1 Å². The van der Waals surface area contributed by atoms with Gasteiger partial charge in [-0.25, -0.2) is 18.4 Å². The molecule has 0 radical (unpaired) electrons. The molecule has 1 amide bonds. The summed E-state index contributed by atoms with van der Waals surface area (Å²) in [4.78, 5) is 23.2. The third-order valence-corrected chi connectivity index (χ3v) is 6.68. The van der Waals surface area contributed by atoms with E-state index in [4.69, 9.17) is 4.74 Å². The van der Waals surface area contributed by atoms with E-state index in [9.17, 15) is 28.6 Å². The van der Waals surface area contributed by atoms with Crippen molar-refractivity contribution >= 4 is 23.0 Å². The van der Waals surface area contributed by atoms with Crippen LogP contribution in [0.1, 0.15) is 41.9 Å². The fourth-order valence-electron chi connectivity index (χ4n) is 4.67. The number of phenols is 1. The molecule has 0 aliphatic carbocycles. The Morgan fingerprint density at radius 3 is 2.29 bits per heavy atom. The van der Waals surface area contributed by atoms with E-state index in [-0.39, 0.29) is 23.4 Å². The zero-order valence-corrected chi connectivity index (χ0v) is 21.4. The predicted octanol–water partition coefficient (Wildman–Crippen LogP) is 6.31. The molecule has 0 bridgehead atoms. The molecule has 9 heteroatoms. The number of aromatic nitrogens is 1. The van der Waals surface area contributed by atoms with Crippen molar-refractivity contribution in [1.29, 1.82) is 0 Å². The van der Waals surface area contributed by atoms with Gasteiger partial charge in [0.2, 0.25) is 0 Å². The van der Waals surface area contributed by atoms with E-state index < -0.39 is 29.0 Å². The maximum Gasteiger partial charge on any atom is 0.406 e. The fraction of sp³-hybridized carbons (Fsp3) is 0.241. The highest BCUT2D eigenvalue weighted by Crippen LogP contribution is 2.47. The van der Waals surface area contributed by atoms with Crippen molar-refractivity contribution in [2.24, 2.45) is 0 Å². The molecule has 7 nitrogen and oxygen atoms in total. The number of ether oxygens (including phenoxy) is 1. The summed E-state index contributed by atoms with van der Waals surface area (Å²) in [6, 6.07) is 13.4. The number of hydrogen-bond acceptors (Lipinski definition) is 4. The SMILES string of the molecule is CNC(=O)OCCC(C)(C)c1c(-c2ccc(C(=O)O)cc2)c2c(O)c(F)ccc2n1-c1ccc(F)c(C)c1. The number of fused-ring (bicyclic) bond motifs is 1. The Bertz CT molecular complexity index is 1540. The van der Waals surface area contributed by atoms with Crippen LogP contribution in [-0.4, -0.2) is 40.5 Å². The molecule has 0 fully saturated rings. The first-order valence-electron chi connectivity index (χ1n) is 12.0. The van der Waals surface area contributed by atoms with Gasteiger partial charge in [0, 0.05) is 29.4 Å². The highest BCUT2D eigenvalue weighted by atomic mass is 19.1. The lowest BCUT2D eigenvalue weighted by Gasteiger charge is -2.29. The zero-order chi connectivity index (χ0) is 27.8. The van der Waals surface area contributed by atoms with Gasteiger partial charge in [-0.05, 0) is 66.9 Å². The summed E-state index contributed by atoms with van der Waals surface area (Å²) >= 11 is 0. The number of rotatable bonds is 7. The van der Waals surface area contributed by atoms with Gasteiger partial charge in [-0.1, -0.05) is 26.0 Å². The van der Waals surface area contributed by atoms with Crippen LogP contribution in [0.5, 0.6) is 5.75 Å². The van der Waals surface area contributed by atoms with Crippen molar-refractivity contribution < 1.29 is 33.3 Å². The number of aromatic carboxylic acids is 1. The number of amides is 1. The Labute approximate surface area is 218 Å². The fourth-order valence-corrected chi connectivity index (χ4v) is 4.67. The van der Waals surface area contributed by atoms with Crippen LogP contribution in [0.4, 0.5) is 13.6 Å². The van der Waals surface area contributed by atoms with Gasteiger partial charge in [-0.3, -0.25) is 0 Å². The number of phenolic OH excluding ortho intramolecular Hbond substituents is 1. The molecule has 38 heavy (non-hydrogen) atoms. The van der Waals surface area contributed by atoms with Crippen molar-refractivity contribution in [2.45, 2.75) is 32.6 Å². The Morgan fingerprint density at radius 2 is 1.68 bits per heavy atom. The lowest BCUT2D eigenvalue weighted by Crippen LogP contribution is -2.27. The van der Waals surface area contributed by atoms with Crippen LogP contribution in [0.25, 0.3) is 27.7 Å². The summed E-state index contributed by atoms with van der Waals surface area (Å²) in [6.45, 7) is 5.54. The number of carbonyl (C=O) groups excluding carboxylic acids is 1. The van der Waals surface area contributed by atoms with Gasteiger partial charge in [0.25, 0.3) is 0 Å². The van der Waals surface area contributed by atoms with Crippen molar-refractivity contribution in [3.63, 3.8) is 0 Å². The summed E-state index contributed by atoms with van der Waals surface area (Å²) in [6.07, 6.45) is -0.236. The van der Waals surface area contributed by atoms with Gasteiger partial charge in [-0.15, -0.1) is 0 Å².